The van der Waals surface area contributed by atoms with E-state index in [9.17, 15) is 37.8 Å². The number of ether oxygens (including phenoxy) is 2. The fourth-order valence-corrected chi connectivity index (χ4v) is 9.09. The summed E-state index contributed by atoms with van der Waals surface area (Å²) in [5.41, 5.74) is 10.2. The molecular weight excluding hydrogens is 769 g/mol. The summed E-state index contributed by atoms with van der Waals surface area (Å²) in [7, 11) is -4.15. The molecule has 6 heterocycles. The molecule has 0 radical (unpaired) electrons. The van der Waals surface area contributed by atoms with E-state index in [1.54, 1.807) is 36.9 Å². The number of aromatic amines is 1. The summed E-state index contributed by atoms with van der Waals surface area (Å²) >= 11 is 0. The molecule has 4 aromatic rings. The quantitative estimate of drug-likeness (QED) is 0.0702. The lowest BCUT2D eigenvalue weighted by Gasteiger charge is -2.38. The molecule has 302 valence electrons. The summed E-state index contributed by atoms with van der Waals surface area (Å²) < 4.78 is 40.3. The number of H-pyrrole nitrogens is 1. The third kappa shape index (κ3) is 7.78. The molecule has 22 nitrogen and oxygen atoms in total. The maximum Gasteiger partial charge on any atom is 0.345 e. The number of amides is 1. The molecule has 1 amide bonds. The second-order valence-corrected chi connectivity index (χ2v) is 16.7. The van der Waals surface area contributed by atoms with Gasteiger partial charge in [0.25, 0.3) is 11.5 Å². The molecule has 0 saturated carbocycles. The molecule has 0 spiro atoms. The number of rotatable bonds is 10. The van der Waals surface area contributed by atoms with Gasteiger partial charge in [0.1, 0.15) is 41.9 Å². The number of benzene rings is 1. The number of carbonyl (C=O) groups excluding carboxylic acids is 3. The van der Waals surface area contributed by atoms with Crippen molar-refractivity contribution < 1.29 is 42.5 Å². The molecule has 1 aromatic carbocycles. The number of esters is 2. The van der Waals surface area contributed by atoms with E-state index in [1.165, 1.54) is 29.4 Å². The molecule has 0 bridgehead atoms. The number of imidazole rings is 1. The molecule has 9 N–H and O–H groups in total. The Kier molecular flexibility index (Phi) is 10.5. The first kappa shape index (κ1) is 39.4. The number of anilines is 3. The zero-order valence-electron chi connectivity index (χ0n) is 30.6. The number of likely N-dealkylation sites (tertiary alicyclic amines) is 1. The molecule has 2 saturated heterocycles. The number of hydrogen-bond acceptors (Lipinski definition) is 19. The minimum Gasteiger partial charge on any atom is -0.388 e. The minimum atomic E-state index is -4.15. The van der Waals surface area contributed by atoms with Gasteiger partial charge >= 0.3 is 11.9 Å². The molecule has 0 aliphatic carbocycles. The van der Waals surface area contributed by atoms with Gasteiger partial charge in [-0.1, -0.05) is 18.2 Å². The van der Waals surface area contributed by atoms with Gasteiger partial charge < -0.3 is 41.8 Å². The van der Waals surface area contributed by atoms with Gasteiger partial charge in [-0.25, -0.2) is 38.0 Å². The summed E-state index contributed by atoms with van der Waals surface area (Å²) in [5.74, 6) is -3.21. The van der Waals surface area contributed by atoms with Crippen molar-refractivity contribution in [3.63, 3.8) is 0 Å². The van der Waals surface area contributed by atoms with E-state index in [-0.39, 0.29) is 78.2 Å². The zero-order valence-corrected chi connectivity index (χ0v) is 31.4. The molecule has 6 atom stereocenters. The SMILES string of the molecule is CC1(C)Nc2nc(N)[nH]c(=O)c2N=C1C(=O)NCCN1CCC(S(=O)(=O)C[C@H]2O[C@@H](n3cnc4c(N)ncnc43)[C@@H](O)C2O)CC1C(=O)OC(=O)c1ccccc1. The molecule has 2 fully saturated rings. The van der Waals surface area contributed by atoms with Crippen LogP contribution in [0.3, 0.4) is 0 Å². The second kappa shape index (κ2) is 15.2. The van der Waals surface area contributed by atoms with Crippen LogP contribution in [0.25, 0.3) is 11.2 Å². The van der Waals surface area contributed by atoms with Gasteiger partial charge in [-0.2, -0.15) is 4.98 Å². The normalized spacial score (nSPS) is 24.6. The van der Waals surface area contributed by atoms with Crippen LogP contribution in [0.15, 0.2) is 52.8 Å². The van der Waals surface area contributed by atoms with E-state index in [2.05, 4.69) is 40.5 Å². The van der Waals surface area contributed by atoms with Crippen molar-refractivity contribution in [3.8, 4) is 0 Å². The number of piperidine rings is 1. The van der Waals surface area contributed by atoms with Gasteiger partial charge in [0.2, 0.25) is 5.95 Å². The smallest absolute Gasteiger partial charge is 0.345 e. The lowest BCUT2D eigenvalue weighted by atomic mass is 9.95. The van der Waals surface area contributed by atoms with Gasteiger partial charge in [0.05, 0.1) is 28.4 Å². The Morgan fingerprint density at radius 2 is 1.86 bits per heavy atom. The number of aliphatic hydroxyl groups is 2. The highest BCUT2D eigenvalue weighted by Gasteiger charge is 2.48. The van der Waals surface area contributed by atoms with Gasteiger partial charge in [-0.05, 0) is 38.8 Å². The number of fused-ring (bicyclic) bond motifs is 2. The average molecular weight is 809 g/mol. The molecule has 3 aromatic heterocycles. The van der Waals surface area contributed by atoms with Crippen molar-refractivity contribution in [2.24, 2.45) is 4.99 Å². The van der Waals surface area contributed by atoms with Gasteiger partial charge in [0, 0.05) is 19.6 Å². The topological polar surface area (TPSA) is 325 Å². The summed E-state index contributed by atoms with van der Waals surface area (Å²) in [6.45, 7) is 3.33. The summed E-state index contributed by atoms with van der Waals surface area (Å²) in [6, 6.07) is 6.53. The molecule has 7 rings (SSSR count). The summed E-state index contributed by atoms with van der Waals surface area (Å²) in [5, 5.41) is 26.4. The summed E-state index contributed by atoms with van der Waals surface area (Å²) in [4.78, 5) is 76.8. The maximum atomic E-state index is 14.0. The first-order valence-corrected chi connectivity index (χ1v) is 19.5. The Balaban J connectivity index is 1.05. The molecule has 57 heavy (non-hydrogen) atoms. The minimum absolute atomic E-state index is 0.0244. The fourth-order valence-electron chi connectivity index (χ4n) is 7.14. The zero-order chi connectivity index (χ0) is 40.8. The maximum absolute atomic E-state index is 14.0. The Labute approximate surface area is 323 Å². The Hall–Kier alpha value is -5.88. The van der Waals surface area contributed by atoms with Crippen LogP contribution < -0.4 is 27.7 Å². The third-order valence-electron chi connectivity index (χ3n) is 10.1. The van der Waals surface area contributed by atoms with Crippen molar-refractivity contribution >= 4 is 67.8 Å². The van der Waals surface area contributed by atoms with Crippen LogP contribution in [0, 0.1) is 0 Å². The lowest BCUT2D eigenvalue weighted by molar-refractivity contribution is -0.145. The van der Waals surface area contributed by atoms with Crippen LogP contribution >= 0.6 is 0 Å². The molecule has 3 aliphatic heterocycles. The number of nitrogens with two attached hydrogens (primary N) is 2. The number of nitrogens with zero attached hydrogens (tertiary/aromatic N) is 7. The van der Waals surface area contributed by atoms with E-state index in [0.717, 1.165) is 0 Å². The first-order valence-electron chi connectivity index (χ1n) is 17.8. The van der Waals surface area contributed by atoms with Crippen molar-refractivity contribution in [2.45, 2.75) is 68.1 Å². The van der Waals surface area contributed by atoms with Gasteiger partial charge in [-0.3, -0.25) is 24.0 Å². The van der Waals surface area contributed by atoms with Crippen molar-refractivity contribution in [2.75, 3.05) is 42.2 Å². The highest BCUT2D eigenvalue weighted by molar-refractivity contribution is 7.92. The largest absolute Gasteiger partial charge is 0.388 e. The Morgan fingerprint density at radius 3 is 2.61 bits per heavy atom. The van der Waals surface area contributed by atoms with E-state index >= 15 is 0 Å². The lowest BCUT2D eigenvalue weighted by Crippen LogP contribution is -2.55. The van der Waals surface area contributed by atoms with Crippen molar-refractivity contribution in [3.05, 3.63) is 58.9 Å². The van der Waals surface area contributed by atoms with Gasteiger partial charge in [-0.15, -0.1) is 0 Å². The van der Waals surface area contributed by atoms with E-state index < -0.39 is 80.4 Å². The Morgan fingerprint density at radius 1 is 1.11 bits per heavy atom. The second-order valence-electron chi connectivity index (χ2n) is 14.3. The summed E-state index contributed by atoms with van der Waals surface area (Å²) in [6.07, 6.45) is -3.61. The van der Waals surface area contributed by atoms with Crippen LogP contribution in [0.1, 0.15) is 43.3 Å². The van der Waals surface area contributed by atoms with Crippen LogP contribution in [-0.4, -0.2) is 137 Å². The van der Waals surface area contributed by atoms with Gasteiger partial charge in [0.15, 0.2) is 39.0 Å². The molecule has 3 unspecified atom stereocenters. The van der Waals surface area contributed by atoms with Crippen LogP contribution in [0.4, 0.5) is 23.3 Å². The number of nitrogen functional groups attached to an aromatic ring is 2. The van der Waals surface area contributed by atoms with Crippen LogP contribution in [-0.2, 0) is 28.9 Å². The highest BCUT2D eigenvalue weighted by atomic mass is 32.2. The molecular formula is C34H40N12O10S. The Bertz CT molecular complexity index is 2420. The number of carbonyl (C=O) groups is 3. The van der Waals surface area contributed by atoms with Crippen LogP contribution in [0.2, 0.25) is 0 Å². The number of hydrogen-bond donors (Lipinski definition) is 7. The number of aliphatic imine (C=N–C) groups is 1. The van der Waals surface area contributed by atoms with E-state index in [4.69, 9.17) is 20.9 Å². The number of aromatic nitrogens is 6. The van der Waals surface area contributed by atoms with E-state index in [0.29, 0.717) is 0 Å². The predicted molar refractivity (Wildman–Crippen MR) is 202 cm³/mol. The van der Waals surface area contributed by atoms with Crippen molar-refractivity contribution in [1.82, 2.24) is 39.7 Å². The average Bonchev–Trinajstić information content (AvgIpc) is 3.71. The predicted octanol–water partition coefficient (Wildman–Crippen LogP) is -1.58. The molecule has 3 aliphatic rings. The fraction of sp³-hybridized carbons (Fsp3) is 0.441. The monoisotopic (exact) mass is 808 g/mol. The van der Waals surface area contributed by atoms with Crippen molar-refractivity contribution in [1.29, 1.82) is 0 Å². The number of aliphatic hydroxyl groups excluding tert-OH is 2. The van der Waals surface area contributed by atoms with Crippen LogP contribution in [0.5, 0.6) is 0 Å². The number of sulfone groups is 1. The third-order valence-corrected chi connectivity index (χ3v) is 12.3. The van der Waals surface area contributed by atoms with E-state index in [1.807, 2.05) is 0 Å². The highest BCUT2D eigenvalue weighted by Crippen LogP contribution is 2.35. The first-order chi connectivity index (χ1) is 27.0. The standard InChI is InChI=1S/C34H40N12O10S/c1-34(2)24(41-21-26(44-34)42-33(36)43-28(21)49)29(50)37-9-11-45-10-8-17(12-18(45)32(52)56-31(51)16-6-4-3-5-7-16)57(53,54)13-19-22(47)23(48)30(55-19)46-15-40-20-25(35)38-14-39-27(20)46/h3-7,14-15,17-19,22-23,30,47-48H,8-13H2,1-2H3,(H,37,50)(H2,35,38,39)(H4,36,42,43,44,49)/t17?,18?,19-,22?,23+,30-/m1/s1. The molecule has 23 heteroatoms. The number of nitrogens with one attached hydrogen (secondary N) is 3.